The number of furan rings is 1. The van der Waals surface area contributed by atoms with Gasteiger partial charge in [-0.1, -0.05) is 71.7 Å². The maximum absolute atomic E-state index is 13.0. The standard InChI is InChI=1S/C27H20Cl2N2O3/c28-20-11-13-22(23(29)15-20)25-14-12-21(34-25)16-24(31-26(32)19-9-5-2-6-10-19)27(33)30-17-18-7-3-1-4-8-18/h1-16H,17H2,(H,30,33)(H,31,32)/b24-16-. The third-order valence-corrected chi connectivity index (χ3v) is 5.48. The Morgan fingerprint density at radius 1 is 0.853 bits per heavy atom. The zero-order valence-corrected chi connectivity index (χ0v) is 19.4. The zero-order chi connectivity index (χ0) is 23.9. The van der Waals surface area contributed by atoms with Gasteiger partial charge in [-0.3, -0.25) is 9.59 Å². The van der Waals surface area contributed by atoms with Gasteiger partial charge in [0.2, 0.25) is 0 Å². The molecule has 2 N–H and O–H groups in total. The number of hydrogen-bond donors (Lipinski definition) is 2. The summed E-state index contributed by atoms with van der Waals surface area (Å²) in [6.07, 6.45) is 1.48. The highest BCUT2D eigenvalue weighted by molar-refractivity contribution is 6.36. The second kappa shape index (κ2) is 10.9. The number of benzene rings is 3. The largest absolute Gasteiger partial charge is 0.457 e. The van der Waals surface area contributed by atoms with E-state index in [1.54, 1.807) is 54.6 Å². The van der Waals surface area contributed by atoms with Crippen LogP contribution in [0.15, 0.2) is 101 Å². The van der Waals surface area contributed by atoms with Gasteiger partial charge in [0.05, 0.1) is 5.02 Å². The fourth-order valence-electron chi connectivity index (χ4n) is 3.22. The quantitative estimate of drug-likeness (QED) is 0.297. The minimum atomic E-state index is -0.449. The predicted octanol–water partition coefficient (Wildman–Crippen LogP) is 6.34. The van der Waals surface area contributed by atoms with Gasteiger partial charge in [0.25, 0.3) is 11.8 Å². The fraction of sp³-hybridized carbons (Fsp3) is 0.0370. The minimum Gasteiger partial charge on any atom is -0.457 e. The molecule has 0 atom stereocenters. The summed E-state index contributed by atoms with van der Waals surface area (Å²) in [5.74, 6) is 0.0235. The number of carbonyl (C=O) groups excluding carboxylic acids is 2. The molecule has 2 amide bonds. The Hall–Kier alpha value is -3.80. The fourth-order valence-corrected chi connectivity index (χ4v) is 3.72. The van der Waals surface area contributed by atoms with Crippen LogP contribution in [0.1, 0.15) is 21.7 Å². The molecule has 0 saturated heterocycles. The first kappa shape index (κ1) is 23.4. The summed E-state index contributed by atoms with van der Waals surface area (Å²) in [4.78, 5) is 25.7. The van der Waals surface area contributed by atoms with Crippen LogP contribution >= 0.6 is 23.2 Å². The number of amides is 2. The van der Waals surface area contributed by atoms with E-state index in [0.29, 0.717) is 39.2 Å². The molecule has 5 nitrogen and oxygen atoms in total. The lowest BCUT2D eigenvalue weighted by Gasteiger charge is -2.11. The number of hydrogen-bond acceptors (Lipinski definition) is 3. The van der Waals surface area contributed by atoms with Crippen LogP contribution in [-0.2, 0) is 11.3 Å². The molecule has 0 aliphatic heterocycles. The second-order valence-corrected chi connectivity index (χ2v) is 8.22. The summed E-state index contributed by atoms with van der Waals surface area (Å²) in [5.41, 5.74) is 2.07. The first-order valence-electron chi connectivity index (χ1n) is 10.4. The summed E-state index contributed by atoms with van der Waals surface area (Å²) in [6, 6.07) is 26.7. The van der Waals surface area contributed by atoms with Crippen LogP contribution in [0.25, 0.3) is 17.4 Å². The third-order valence-electron chi connectivity index (χ3n) is 4.93. The van der Waals surface area contributed by atoms with Crippen molar-refractivity contribution < 1.29 is 14.0 Å². The molecule has 1 heterocycles. The van der Waals surface area contributed by atoms with Gasteiger partial charge in [-0.05, 0) is 48.0 Å². The Balaban J connectivity index is 1.59. The zero-order valence-electron chi connectivity index (χ0n) is 17.9. The van der Waals surface area contributed by atoms with E-state index >= 15 is 0 Å². The van der Waals surface area contributed by atoms with Crippen molar-refractivity contribution in [3.63, 3.8) is 0 Å². The summed E-state index contributed by atoms with van der Waals surface area (Å²) in [6.45, 7) is 0.308. The van der Waals surface area contributed by atoms with Crippen molar-refractivity contribution in [2.45, 2.75) is 6.54 Å². The average molecular weight is 491 g/mol. The van der Waals surface area contributed by atoms with E-state index in [-0.39, 0.29) is 5.70 Å². The van der Waals surface area contributed by atoms with E-state index < -0.39 is 11.8 Å². The van der Waals surface area contributed by atoms with Crippen LogP contribution < -0.4 is 10.6 Å². The van der Waals surface area contributed by atoms with Crippen LogP contribution in [0, 0.1) is 0 Å². The first-order valence-corrected chi connectivity index (χ1v) is 11.2. The molecule has 0 unspecified atom stereocenters. The molecule has 0 aliphatic carbocycles. The molecule has 1 aromatic heterocycles. The Bertz CT molecular complexity index is 1330. The van der Waals surface area contributed by atoms with Crippen LogP contribution in [0.2, 0.25) is 10.0 Å². The Morgan fingerprint density at radius 3 is 2.26 bits per heavy atom. The van der Waals surface area contributed by atoms with E-state index in [0.717, 1.165) is 5.56 Å². The van der Waals surface area contributed by atoms with E-state index in [4.69, 9.17) is 27.6 Å². The number of halogens is 2. The van der Waals surface area contributed by atoms with Crippen LogP contribution in [0.4, 0.5) is 0 Å². The van der Waals surface area contributed by atoms with Gasteiger partial charge in [0.15, 0.2) is 0 Å². The molecule has 0 radical (unpaired) electrons. The Kier molecular flexibility index (Phi) is 7.48. The minimum absolute atomic E-state index is 0.0490. The molecule has 4 rings (SSSR count). The maximum atomic E-state index is 13.0. The van der Waals surface area contributed by atoms with Crippen molar-refractivity contribution in [2.75, 3.05) is 0 Å². The predicted molar refractivity (Wildman–Crippen MR) is 134 cm³/mol. The molecular formula is C27H20Cl2N2O3. The topological polar surface area (TPSA) is 71.3 Å². The summed E-state index contributed by atoms with van der Waals surface area (Å²) >= 11 is 12.3. The van der Waals surface area contributed by atoms with Crippen molar-refractivity contribution in [2.24, 2.45) is 0 Å². The highest BCUT2D eigenvalue weighted by atomic mass is 35.5. The van der Waals surface area contributed by atoms with Crippen molar-refractivity contribution in [1.82, 2.24) is 10.6 Å². The van der Waals surface area contributed by atoms with Gasteiger partial charge in [-0.25, -0.2) is 0 Å². The molecule has 0 aliphatic rings. The van der Waals surface area contributed by atoms with Crippen molar-refractivity contribution >= 4 is 41.1 Å². The lowest BCUT2D eigenvalue weighted by Crippen LogP contribution is -2.34. The highest BCUT2D eigenvalue weighted by Crippen LogP contribution is 2.32. The molecule has 0 saturated carbocycles. The SMILES string of the molecule is O=C(NCc1ccccc1)/C(=C/c1ccc(-c2ccc(Cl)cc2Cl)o1)NC(=O)c1ccccc1. The van der Waals surface area contributed by atoms with E-state index in [1.165, 1.54) is 6.08 Å². The van der Waals surface area contributed by atoms with E-state index in [2.05, 4.69) is 10.6 Å². The first-order chi connectivity index (χ1) is 16.5. The molecule has 0 bridgehead atoms. The Labute approximate surface area is 207 Å². The normalized spacial score (nSPS) is 11.2. The van der Waals surface area contributed by atoms with E-state index in [1.807, 2.05) is 36.4 Å². The van der Waals surface area contributed by atoms with Crippen molar-refractivity contribution in [3.05, 3.63) is 124 Å². The van der Waals surface area contributed by atoms with E-state index in [9.17, 15) is 9.59 Å². The van der Waals surface area contributed by atoms with Crippen LogP contribution in [0.3, 0.4) is 0 Å². The molecule has 4 aromatic rings. The number of nitrogens with one attached hydrogen (secondary N) is 2. The van der Waals surface area contributed by atoms with Gasteiger partial charge in [-0.2, -0.15) is 0 Å². The summed E-state index contributed by atoms with van der Waals surface area (Å²) < 4.78 is 5.89. The highest BCUT2D eigenvalue weighted by Gasteiger charge is 2.16. The summed E-state index contributed by atoms with van der Waals surface area (Å²) in [7, 11) is 0. The van der Waals surface area contributed by atoms with Crippen LogP contribution in [-0.4, -0.2) is 11.8 Å². The third kappa shape index (κ3) is 5.95. The maximum Gasteiger partial charge on any atom is 0.268 e. The van der Waals surface area contributed by atoms with Gasteiger partial charge < -0.3 is 15.1 Å². The monoisotopic (exact) mass is 490 g/mol. The van der Waals surface area contributed by atoms with Gasteiger partial charge in [0.1, 0.15) is 17.2 Å². The smallest absolute Gasteiger partial charge is 0.268 e. The molecule has 0 spiro atoms. The average Bonchev–Trinajstić information content (AvgIpc) is 3.31. The van der Waals surface area contributed by atoms with Crippen molar-refractivity contribution in [1.29, 1.82) is 0 Å². The molecule has 7 heteroatoms. The molecule has 0 fully saturated rings. The molecule has 3 aromatic carbocycles. The molecule has 170 valence electrons. The van der Waals surface area contributed by atoms with Gasteiger partial charge in [-0.15, -0.1) is 0 Å². The molecular weight excluding hydrogens is 471 g/mol. The number of carbonyl (C=O) groups is 2. The lowest BCUT2D eigenvalue weighted by atomic mass is 10.2. The number of rotatable bonds is 7. The second-order valence-electron chi connectivity index (χ2n) is 7.37. The van der Waals surface area contributed by atoms with Crippen molar-refractivity contribution in [3.8, 4) is 11.3 Å². The Morgan fingerprint density at radius 2 is 1.56 bits per heavy atom. The summed E-state index contributed by atoms with van der Waals surface area (Å²) in [5, 5.41) is 6.48. The van der Waals surface area contributed by atoms with Crippen LogP contribution in [0.5, 0.6) is 0 Å². The van der Waals surface area contributed by atoms with Gasteiger partial charge in [0, 0.05) is 28.8 Å². The lowest BCUT2D eigenvalue weighted by molar-refractivity contribution is -0.117. The molecule has 34 heavy (non-hydrogen) atoms. The van der Waals surface area contributed by atoms with Gasteiger partial charge >= 0.3 is 0 Å².